The van der Waals surface area contributed by atoms with Crippen LogP contribution in [0.25, 0.3) is 11.0 Å². The predicted molar refractivity (Wildman–Crippen MR) is 87.6 cm³/mol. The van der Waals surface area contributed by atoms with E-state index >= 15 is 0 Å². The van der Waals surface area contributed by atoms with Crippen LogP contribution in [-0.2, 0) is 4.79 Å². The maximum Gasteiger partial charge on any atom is 0.222 e. The Balaban J connectivity index is 1.97. The zero-order valence-corrected chi connectivity index (χ0v) is 13.9. The number of amides is 1. The van der Waals surface area contributed by atoms with Crippen LogP contribution in [0.5, 0.6) is 0 Å². The van der Waals surface area contributed by atoms with Crippen molar-refractivity contribution >= 4 is 45.3 Å². The summed E-state index contributed by atoms with van der Waals surface area (Å²) in [6, 6.07) is 0.148. The van der Waals surface area contributed by atoms with E-state index in [1.807, 2.05) is 16.5 Å². The minimum atomic E-state index is 0.148. The molecule has 3 heterocycles. The Kier molecular flexibility index (Phi) is 3.96. The number of hydrogen-bond acceptors (Lipinski definition) is 5. The number of anilines is 1. The Bertz CT molecular complexity index is 685. The molecule has 2 N–H and O–H groups in total. The number of nitrogens with zero attached hydrogens (tertiary/aromatic N) is 5. The summed E-state index contributed by atoms with van der Waals surface area (Å²) >= 11 is 2.15. The molecule has 1 atom stereocenters. The molecule has 0 bridgehead atoms. The van der Waals surface area contributed by atoms with E-state index in [2.05, 4.69) is 37.7 Å². The van der Waals surface area contributed by atoms with Crippen molar-refractivity contribution in [3.63, 3.8) is 0 Å². The molecule has 7 nitrogen and oxygen atoms in total. The Morgan fingerprint density at radius 2 is 2.33 bits per heavy atom. The van der Waals surface area contributed by atoms with Gasteiger partial charge in [-0.25, -0.2) is 14.6 Å². The molecule has 2 aromatic heterocycles. The van der Waals surface area contributed by atoms with Crippen LogP contribution < -0.4 is 5.73 Å². The van der Waals surface area contributed by atoms with Crippen molar-refractivity contribution in [2.75, 3.05) is 18.8 Å². The molecule has 0 spiro atoms. The number of nitrogens with two attached hydrogens (primary N) is 1. The minimum absolute atomic E-state index is 0.148. The number of likely N-dealkylation sites (tertiary alicyclic amines) is 1. The molecule has 1 amide bonds. The molecule has 21 heavy (non-hydrogen) atoms. The van der Waals surface area contributed by atoms with Gasteiger partial charge in [0.15, 0.2) is 5.65 Å². The molecule has 1 fully saturated rings. The monoisotopic (exact) mass is 400 g/mol. The summed E-state index contributed by atoms with van der Waals surface area (Å²) in [5, 5.41) is 5.38. The lowest BCUT2D eigenvalue weighted by atomic mass is 10.1. The number of aromatic nitrogens is 4. The van der Waals surface area contributed by atoms with Gasteiger partial charge in [-0.2, -0.15) is 5.10 Å². The summed E-state index contributed by atoms with van der Waals surface area (Å²) in [4.78, 5) is 22.2. The van der Waals surface area contributed by atoms with Crippen LogP contribution >= 0.6 is 22.6 Å². The number of carbonyl (C=O) groups is 1. The maximum atomic E-state index is 11.9. The topological polar surface area (TPSA) is 89.9 Å². The van der Waals surface area contributed by atoms with Crippen LogP contribution in [0, 0.1) is 3.70 Å². The second kappa shape index (κ2) is 5.74. The normalized spacial score (nSPS) is 19.1. The minimum Gasteiger partial charge on any atom is -0.383 e. The molecule has 1 saturated heterocycles. The van der Waals surface area contributed by atoms with Crippen molar-refractivity contribution in [1.82, 2.24) is 24.6 Å². The molecule has 8 heteroatoms. The van der Waals surface area contributed by atoms with Crippen molar-refractivity contribution in [1.29, 1.82) is 0 Å². The lowest BCUT2D eigenvalue weighted by molar-refractivity contribution is -0.132. The molecule has 0 unspecified atom stereocenters. The third-order valence-corrected chi connectivity index (χ3v) is 4.63. The number of nitrogen functional groups attached to an aromatic ring is 1. The van der Waals surface area contributed by atoms with Crippen LogP contribution in [0.4, 0.5) is 5.82 Å². The van der Waals surface area contributed by atoms with E-state index in [1.54, 1.807) is 0 Å². The number of hydrogen-bond donors (Lipinski definition) is 1. The average molecular weight is 400 g/mol. The second-order valence-corrected chi connectivity index (χ2v) is 6.20. The zero-order chi connectivity index (χ0) is 15.0. The van der Waals surface area contributed by atoms with E-state index in [0.717, 1.165) is 34.1 Å². The van der Waals surface area contributed by atoms with Gasteiger partial charge in [0.2, 0.25) is 5.91 Å². The predicted octanol–water partition coefficient (Wildman–Crippen LogP) is 1.59. The van der Waals surface area contributed by atoms with E-state index < -0.39 is 0 Å². The van der Waals surface area contributed by atoms with Gasteiger partial charge >= 0.3 is 0 Å². The molecular weight excluding hydrogens is 383 g/mol. The van der Waals surface area contributed by atoms with Gasteiger partial charge in [0.05, 0.1) is 11.4 Å². The van der Waals surface area contributed by atoms with Crippen molar-refractivity contribution < 1.29 is 4.79 Å². The first-order chi connectivity index (χ1) is 10.1. The van der Waals surface area contributed by atoms with Crippen molar-refractivity contribution in [2.24, 2.45) is 0 Å². The first-order valence-electron chi connectivity index (χ1n) is 7.03. The molecule has 2 aromatic rings. The summed E-state index contributed by atoms with van der Waals surface area (Å²) in [6.45, 7) is 3.41. The third kappa shape index (κ3) is 2.56. The Morgan fingerprint density at radius 3 is 3.10 bits per heavy atom. The smallest absolute Gasteiger partial charge is 0.222 e. The fraction of sp³-hybridized carbons (Fsp3) is 0.538. The SMILES string of the molecule is CCC(=O)N1CCC[C@@H](n2nc(I)c3c(N)ncnc32)C1. The highest BCUT2D eigenvalue weighted by Crippen LogP contribution is 2.29. The van der Waals surface area contributed by atoms with Gasteiger partial charge in [0.25, 0.3) is 0 Å². The van der Waals surface area contributed by atoms with Crippen LogP contribution in [0.3, 0.4) is 0 Å². The number of halogens is 1. The lowest BCUT2D eigenvalue weighted by Gasteiger charge is -2.32. The third-order valence-electron chi connectivity index (χ3n) is 3.87. The Morgan fingerprint density at radius 1 is 1.52 bits per heavy atom. The van der Waals surface area contributed by atoms with Crippen molar-refractivity contribution in [3.05, 3.63) is 10.0 Å². The van der Waals surface area contributed by atoms with Crippen molar-refractivity contribution in [3.8, 4) is 0 Å². The van der Waals surface area contributed by atoms with E-state index in [1.165, 1.54) is 6.33 Å². The fourth-order valence-corrected chi connectivity index (χ4v) is 3.56. The molecule has 0 radical (unpaired) electrons. The summed E-state index contributed by atoms with van der Waals surface area (Å²) in [7, 11) is 0. The van der Waals surface area contributed by atoms with Crippen LogP contribution in [0.2, 0.25) is 0 Å². The number of piperidine rings is 1. The number of carbonyl (C=O) groups excluding carboxylic acids is 1. The van der Waals surface area contributed by atoms with E-state index in [4.69, 9.17) is 5.73 Å². The van der Waals surface area contributed by atoms with Crippen LogP contribution in [-0.4, -0.2) is 43.6 Å². The Labute approximate surface area is 136 Å². The summed E-state index contributed by atoms with van der Waals surface area (Å²) in [5.41, 5.74) is 6.68. The lowest BCUT2D eigenvalue weighted by Crippen LogP contribution is -2.40. The van der Waals surface area contributed by atoms with Gasteiger partial charge in [-0.1, -0.05) is 6.92 Å². The first-order valence-corrected chi connectivity index (χ1v) is 8.11. The van der Waals surface area contributed by atoms with E-state index in [-0.39, 0.29) is 11.9 Å². The number of fused-ring (bicyclic) bond motifs is 1. The zero-order valence-electron chi connectivity index (χ0n) is 11.8. The summed E-state index contributed by atoms with van der Waals surface area (Å²) in [5.74, 6) is 0.646. The van der Waals surface area contributed by atoms with Gasteiger partial charge in [-0.15, -0.1) is 0 Å². The molecule has 0 aromatic carbocycles. The van der Waals surface area contributed by atoms with Gasteiger partial charge in [0, 0.05) is 19.5 Å². The summed E-state index contributed by atoms with van der Waals surface area (Å²) in [6.07, 6.45) is 3.97. The molecule has 3 rings (SSSR count). The van der Waals surface area contributed by atoms with Gasteiger partial charge in [0.1, 0.15) is 15.8 Å². The molecule has 0 aliphatic carbocycles. The maximum absolute atomic E-state index is 11.9. The summed E-state index contributed by atoms with van der Waals surface area (Å²) < 4.78 is 2.71. The highest BCUT2D eigenvalue weighted by molar-refractivity contribution is 14.1. The van der Waals surface area contributed by atoms with E-state index in [9.17, 15) is 4.79 Å². The highest BCUT2D eigenvalue weighted by atomic mass is 127. The fourth-order valence-electron chi connectivity index (χ4n) is 2.81. The number of rotatable bonds is 2. The van der Waals surface area contributed by atoms with Gasteiger partial charge in [-0.05, 0) is 35.4 Å². The first kappa shape index (κ1) is 14.5. The van der Waals surface area contributed by atoms with Gasteiger partial charge < -0.3 is 10.6 Å². The second-order valence-electron chi connectivity index (χ2n) is 5.18. The molecule has 1 aliphatic heterocycles. The average Bonchev–Trinajstić information content (AvgIpc) is 2.85. The van der Waals surface area contributed by atoms with Crippen LogP contribution in [0.1, 0.15) is 32.2 Å². The molecular formula is C13H17IN6O. The van der Waals surface area contributed by atoms with Gasteiger partial charge in [-0.3, -0.25) is 4.79 Å². The van der Waals surface area contributed by atoms with Crippen molar-refractivity contribution in [2.45, 2.75) is 32.2 Å². The van der Waals surface area contributed by atoms with E-state index in [0.29, 0.717) is 18.8 Å². The van der Waals surface area contributed by atoms with Crippen LogP contribution in [0.15, 0.2) is 6.33 Å². The molecule has 0 saturated carbocycles. The standard InChI is InChI=1S/C13H17IN6O/c1-2-9(21)19-5-3-4-8(6-19)20-13-10(11(14)18-20)12(15)16-7-17-13/h7-8H,2-6H2,1H3,(H2,15,16,17)/t8-/m1/s1. The highest BCUT2D eigenvalue weighted by Gasteiger charge is 2.27. The quantitative estimate of drug-likeness (QED) is 0.774. The largest absolute Gasteiger partial charge is 0.383 e. The molecule has 112 valence electrons. The Hall–Kier alpha value is -1.45. The molecule has 1 aliphatic rings.